The Labute approximate surface area is 178 Å². The molecule has 1 atom stereocenters. The SMILES string of the molecule is C[C@H](Sc1nnc(C2CC2)n1Cc1ccccc1)C(=O)Nc1ccc2c(c1)OCO2. The maximum Gasteiger partial charge on any atom is 0.237 e. The Morgan fingerprint density at radius 2 is 1.97 bits per heavy atom. The number of hydrogen-bond donors (Lipinski definition) is 1. The number of fused-ring (bicyclic) bond motifs is 1. The Morgan fingerprint density at radius 1 is 1.17 bits per heavy atom. The van der Waals surface area contributed by atoms with Crippen molar-refractivity contribution in [3.63, 3.8) is 0 Å². The lowest BCUT2D eigenvalue weighted by Crippen LogP contribution is -2.23. The number of ether oxygens (including phenoxy) is 2. The fourth-order valence-electron chi connectivity index (χ4n) is 3.38. The number of thioether (sulfide) groups is 1. The second kappa shape index (κ2) is 8.02. The largest absolute Gasteiger partial charge is 0.454 e. The Morgan fingerprint density at radius 3 is 2.77 bits per heavy atom. The molecular weight excluding hydrogens is 400 g/mol. The number of nitrogens with one attached hydrogen (secondary N) is 1. The number of amides is 1. The second-order valence-electron chi connectivity index (χ2n) is 7.50. The molecule has 2 heterocycles. The lowest BCUT2D eigenvalue weighted by atomic mass is 10.2. The zero-order chi connectivity index (χ0) is 20.5. The minimum absolute atomic E-state index is 0.0962. The number of benzene rings is 2. The minimum Gasteiger partial charge on any atom is -0.454 e. The molecule has 8 heteroatoms. The summed E-state index contributed by atoms with van der Waals surface area (Å²) in [5.41, 5.74) is 1.87. The molecule has 0 radical (unpaired) electrons. The number of hydrogen-bond acceptors (Lipinski definition) is 6. The number of aromatic nitrogens is 3. The van der Waals surface area contributed by atoms with Crippen molar-refractivity contribution >= 4 is 23.4 Å². The molecule has 3 aromatic rings. The summed E-state index contributed by atoms with van der Waals surface area (Å²) in [5.74, 6) is 2.74. The van der Waals surface area contributed by atoms with Gasteiger partial charge in [0.05, 0.1) is 11.8 Å². The van der Waals surface area contributed by atoms with Crippen LogP contribution in [0.3, 0.4) is 0 Å². The third-order valence-corrected chi connectivity index (χ3v) is 6.24. The van der Waals surface area contributed by atoms with E-state index in [1.807, 2.05) is 31.2 Å². The van der Waals surface area contributed by atoms with Crippen molar-refractivity contribution in [2.24, 2.45) is 0 Å². The summed E-state index contributed by atoms with van der Waals surface area (Å²) < 4.78 is 12.9. The van der Waals surface area contributed by atoms with Gasteiger partial charge in [-0.15, -0.1) is 10.2 Å². The number of rotatable bonds is 7. The van der Waals surface area contributed by atoms with Gasteiger partial charge in [0.1, 0.15) is 5.82 Å². The van der Waals surface area contributed by atoms with Gasteiger partial charge in [0.2, 0.25) is 12.7 Å². The fourth-order valence-corrected chi connectivity index (χ4v) is 4.23. The monoisotopic (exact) mass is 422 g/mol. The Balaban J connectivity index is 1.30. The van der Waals surface area contributed by atoms with Crippen molar-refractivity contribution in [3.8, 4) is 11.5 Å². The van der Waals surface area contributed by atoms with Gasteiger partial charge in [-0.1, -0.05) is 42.1 Å². The molecule has 0 spiro atoms. The van der Waals surface area contributed by atoms with E-state index in [1.54, 1.807) is 12.1 Å². The highest BCUT2D eigenvalue weighted by Gasteiger charge is 2.31. The first kappa shape index (κ1) is 19.0. The van der Waals surface area contributed by atoms with Crippen molar-refractivity contribution in [3.05, 3.63) is 59.9 Å². The van der Waals surface area contributed by atoms with Gasteiger partial charge in [-0.2, -0.15) is 0 Å². The third-order valence-electron chi connectivity index (χ3n) is 5.16. The Bertz CT molecular complexity index is 1070. The molecule has 2 aliphatic rings. The van der Waals surface area contributed by atoms with Crippen molar-refractivity contribution in [2.45, 2.75) is 42.6 Å². The summed E-state index contributed by atoms with van der Waals surface area (Å²) in [6.07, 6.45) is 2.30. The van der Waals surface area contributed by atoms with Crippen LogP contribution < -0.4 is 14.8 Å². The standard InChI is InChI=1S/C22H22N4O3S/c1-14(21(27)23-17-9-10-18-19(11-17)29-13-28-18)30-22-25-24-20(16-7-8-16)26(22)12-15-5-3-2-4-6-15/h2-6,9-11,14,16H,7-8,12-13H2,1H3,(H,23,27)/t14-/m0/s1. The summed E-state index contributed by atoms with van der Waals surface area (Å²) >= 11 is 1.43. The van der Waals surface area contributed by atoms with E-state index in [9.17, 15) is 4.79 Å². The molecule has 5 rings (SSSR count). The molecule has 1 amide bonds. The van der Waals surface area contributed by atoms with Gasteiger partial charge in [-0.25, -0.2) is 0 Å². The van der Waals surface area contributed by atoms with Crippen molar-refractivity contribution < 1.29 is 14.3 Å². The normalized spacial score (nSPS) is 15.8. The van der Waals surface area contributed by atoms with Crippen LogP contribution in [0, 0.1) is 0 Å². The molecule has 1 fully saturated rings. The molecule has 1 aliphatic heterocycles. The Kier molecular flexibility index (Phi) is 5.08. The van der Waals surface area contributed by atoms with Crippen LogP contribution >= 0.6 is 11.8 Å². The van der Waals surface area contributed by atoms with Crippen molar-refractivity contribution in [2.75, 3.05) is 12.1 Å². The number of carbonyl (C=O) groups is 1. The van der Waals surface area contributed by atoms with E-state index < -0.39 is 0 Å². The summed E-state index contributed by atoms with van der Waals surface area (Å²) in [4.78, 5) is 12.8. The zero-order valence-electron chi connectivity index (χ0n) is 16.6. The second-order valence-corrected chi connectivity index (χ2v) is 8.81. The first-order valence-corrected chi connectivity index (χ1v) is 10.9. The minimum atomic E-state index is -0.332. The van der Waals surface area contributed by atoms with Crippen LogP contribution in [0.5, 0.6) is 11.5 Å². The van der Waals surface area contributed by atoms with E-state index in [0.717, 1.165) is 23.8 Å². The highest BCUT2D eigenvalue weighted by molar-refractivity contribution is 8.00. The zero-order valence-corrected chi connectivity index (χ0v) is 17.4. The van der Waals surface area contributed by atoms with Crippen LogP contribution in [-0.2, 0) is 11.3 Å². The average molecular weight is 423 g/mol. The lowest BCUT2D eigenvalue weighted by Gasteiger charge is -2.14. The molecule has 1 aliphatic carbocycles. The van der Waals surface area contributed by atoms with Gasteiger partial charge >= 0.3 is 0 Å². The van der Waals surface area contributed by atoms with Crippen molar-refractivity contribution in [1.82, 2.24) is 14.8 Å². The van der Waals surface area contributed by atoms with Crippen LogP contribution in [0.1, 0.15) is 37.1 Å². The van der Waals surface area contributed by atoms with Gasteiger partial charge in [0, 0.05) is 17.7 Å². The van der Waals surface area contributed by atoms with Crippen LogP contribution in [0.25, 0.3) is 0 Å². The van der Waals surface area contributed by atoms with E-state index >= 15 is 0 Å². The summed E-state index contributed by atoms with van der Waals surface area (Å²) in [6, 6.07) is 15.7. The summed E-state index contributed by atoms with van der Waals surface area (Å²) in [5, 5.41) is 12.2. The van der Waals surface area contributed by atoms with Gasteiger partial charge < -0.3 is 19.4 Å². The summed E-state index contributed by atoms with van der Waals surface area (Å²) in [6.45, 7) is 2.79. The van der Waals surface area contributed by atoms with E-state index in [0.29, 0.717) is 29.6 Å². The van der Waals surface area contributed by atoms with Gasteiger partial charge in [0.25, 0.3) is 0 Å². The van der Waals surface area contributed by atoms with Gasteiger partial charge in [-0.05, 0) is 37.5 Å². The molecular formula is C22H22N4O3S. The molecule has 1 aromatic heterocycles. The molecule has 0 unspecified atom stereocenters. The predicted molar refractivity (Wildman–Crippen MR) is 114 cm³/mol. The van der Waals surface area contributed by atoms with Crippen molar-refractivity contribution in [1.29, 1.82) is 0 Å². The van der Waals surface area contributed by atoms with E-state index in [-0.39, 0.29) is 18.0 Å². The smallest absolute Gasteiger partial charge is 0.237 e. The van der Waals surface area contributed by atoms with Crippen LogP contribution in [0.4, 0.5) is 5.69 Å². The molecule has 154 valence electrons. The lowest BCUT2D eigenvalue weighted by molar-refractivity contribution is -0.115. The third kappa shape index (κ3) is 4.00. The molecule has 7 nitrogen and oxygen atoms in total. The number of anilines is 1. The molecule has 0 saturated heterocycles. The molecule has 1 saturated carbocycles. The molecule has 1 N–H and O–H groups in total. The topological polar surface area (TPSA) is 78.3 Å². The van der Waals surface area contributed by atoms with Gasteiger partial charge in [-0.3, -0.25) is 4.79 Å². The predicted octanol–water partition coefficient (Wildman–Crippen LogP) is 4.05. The van der Waals surface area contributed by atoms with Crippen LogP contribution in [-0.4, -0.2) is 32.7 Å². The average Bonchev–Trinajstić information content (AvgIpc) is 3.37. The molecule has 30 heavy (non-hydrogen) atoms. The molecule has 2 aromatic carbocycles. The summed E-state index contributed by atoms with van der Waals surface area (Å²) in [7, 11) is 0. The van der Waals surface area contributed by atoms with Crippen LogP contribution in [0.2, 0.25) is 0 Å². The Hall–Kier alpha value is -3.00. The quantitative estimate of drug-likeness (QED) is 0.579. The highest BCUT2D eigenvalue weighted by Crippen LogP contribution is 2.40. The van der Waals surface area contributed by atoms with E-state index in [1.165, 1.54) is 17.3 Å². The van der Waals surface area contributed by atoms with E-state index in [4.69, 9.17) is 9.47 Å². The highest BCUT2D eigenvalue weighted by atomic mass is 32.2. The fraction of sp³-hybridized carbons (Fsp3) is 0.318. The molecule has 0 bridgehead atoms. The van der Waals surface area contributed by atoms with Gasteiger partial charge in [0.15, 0.2) is 16.7 Å². The maximum absolute atomic E-state index is 12.8. The first-order valence-electron chi connectivity index (χ1n) is 10.0. The first-order chi connectivity index (χ1) is 14.7. The van der Waals surface area contributed by atoms with E-state index in [2.05, 4.69) is 32.2 Å². The van der Waals surface area contributed by atoms with Crippen LogP contribution in [0.15, 0.2) is 53.7 Å². The number of nitrogens with zero attached hydrogens (tertiary/aromatic N) is 3. The maximum atomic E-state index is 12.8. The number of carbonyl (C=O) groups excluding carboxylic acids is 1.